The number of halogens is 1. The normalized spacial score (nSPS) is 18.1. The third-order valence-electron chi connectivity index (χ3n) is 14.4. The number of carbonyl (C=O) groups is 6. The molecule has 3 saturated heterocycles. The summed E-state index contributed by atoms with van der Waals surface area (Å²) in [5.41, 5.74) is 7.18. The molecule has 5 heterocycles. The van der Waals surface area contributed by atoms with Gasteiger partial charge in [0.1, 0.15) is 11.9 Å². The largest absolute Gasteiger partial charge is 0.369 e. The highest BCUT2D eigenvalue weighted by molar-refractivity contribution is 6.14. The van der Waals surface area contributed by atoms with Crippen LogP contribution in [0.1, 0.15) is 71.5 Å². The molecule has 0 spiro atoms. The molecule has 6 amide bonds. The van der Waals surface area contributed by atoms with Crippen molar-refractivity contribution in [1.82, 2.24) is 25.3 Å². The lowest BCUT2D eigenvalue weighted by molar-refractivity contribution is -0.136. The number of anilines is 4. The van der Waals surface area contributed by atoms with Crippen LogP contribution in [0.5, 0.6) is 0 Å². The Labute approximate surface area is 404 Å². The minimum Gasteiger partial charge on any atom is -0.369 e. The van der Waals surface area contributed by atoms with Gasteiger partial charge in [0.15, 0.2) is 5.69 Å². The van der Waals surface area contributed by atoms with Crippen LogP contribution in [0.25, 0.3) is 33.2 Å². The van der Waals surface area contributed by atoms with Gasteiger partial charge < -0.3 is 20.4 Å². The highest BCUT2D eigenvalue weighted by Crippen LogP contribution is 2.46. The number of rotatable bonds is 11. The zero-order valence-electron chi connectivity index (χ0n) is 39.6. The van der Waals surface area contributed by atoms with Gasteiger partial charge in [0, 0.05) is 100 Å². The zero-order valence-corrected chi connectivity index (χ0v) is 39.6. The van der Waals surface area contributed by atoms with Crippen molar-refractivity contribution in [2.45, 2.75) is 57.4 Å². The van der Waals surface area contributed by atoms with Gasteiger partial charge in [-0.1, -0.05) is 36.4 Å². The van der Waals surface area contributed by atoms with E-state index < -0.39 is 29.1 Å². The number of carbonyl (C=O) groups excluding carboxylic acids is 6. The average molecular weight is 944 g/mol. The first-order chi connectivity index (χ1) is 33.7. The van der Waals surface area contributed by atoms with Crippen LogP contribution >= 0.6 is 0 Å². The molecule has 1 aromatic heterocycles. The number of hydrogen-bond donors (Lipinski definition) is 3. The fraction of sp³-hybridized carbons (Fsp3) is 0.315. The van der Waals surface area contributed by atoms with E-state index in [1.54, 1.807) is 53.2 Å². The topological polar surface area (TPSA) is 169 Å². The Morgan fingerprint density at radius 2 is 1.56 bits per heavy atom. The Hall–Kier alpha value is -7.72. The molecule has 5 aromatic carbocycles. The second kappa shape index (κ2) is 18.3. The fourth-order valence-electron chi connectivity index (χ4n) is 10.7. The molecule has 70 heavy (non-hydrogen) atoms. The van der Waals surface area contributed by atoms with Crippen molar-refractivity contribution in [1.29, 1.82) is 0 Å². The number of aryl methyl sites for hydroxylation is 1. The summed E-state index contributed by atoms with van der Waals surface area (Å²) < 4.78 is 18.7. The predicted molar refractivity (Wildman–Crippen MR) is 266 cm³/mol. The summed E-state index contributed by atoms with van der Waals surface area (Å²) in [5.74, 6) is -2.39. The van der Waals surface area contributed by atoms with Crippen molar-refractivity contribution in [3.63, 3.8) is 0 Å². The molecule has 4 aliphatic rings. The highest BCUT2D eigenvalue weighted by Gasteiger charge is 2.50. The van der Waals surface area contributed by atoms with Crippen molar-refractivity contribution >= 4 is 69.1 Å². The first-order valence-electron chi connectivity index (χ1n) is 23.8. The number of hydrogen-bond acceptors (Lipinski definition) is 9. The summed E-state index contributed by atoms with van der Waals surface area (Å²) in [7, 11) is 3.17. The van der Waals surface area contributed by atoms with Gasteiger partial charge in [0.25, 0.3) is 11.8 Å². The number of piperazine rings is 1. The van der Waals surface area contributed by atoms with Crippen LogP contribution in [-0.4, -0.2) is 102 Å². The van der Waals surface area contributed by atoms with Gasteiger partial charge >= 0.3 is 0 Å². The number of amides is 6. The summed E-state index contributed by atoms with van der Waals surface area (Å²) in [6.45, 7) is 8.47. The van der Waals surface area contributed by atoms with E-state index in [9.17, 15) is 28.8 Å². The molecule has 358 valence electrons. The maximum Gasteiger partial charge on any atom is 0.276 e. The smallest absolute Gasteiger partial charge is 0.276 e. The second-order valence-electron chi connectivity index (χ2n) is 19.0. The molecule has 3 fully saturated rings. The number of benzene rings is 5. The third-order valence-corrected chi connectivity index (χ3v) is 14.4. The molecule has 0 saturated carbocycles. The molecule has 16 heteroatoms. The lowest BCUT2D eigenvalue weighted by Crippen LogP contribution is -2.55. The molecule has 3 N–H and O–H groups in total. The van der Waals surface area contributed by atoms with Crippen LogP contribution in [-0.2, 0) is 38.1 Å². The van der Waals surface area contributed by atoms with E-state index >= 15 is 4.39 Å². The monoisotopic (exact) mass is 943 g/mol. The van der Waals surface area contributed by atoms with Gasteiger partial charge in [-0.2, -0.15) is 5.10 Å². The van der Waals surface area contributed by atoms with Crippen LogP contribution in [0.3, 0.4) is 0 Å². The van der Waals surface area contributed by atoms with Crippen LogP contribution in [0.15, 0.2) is 97.1 Å². The first-order valence-corrected chi connectivity index (χ1v) is 23.8. The molecular formula is C54H54FN9O6. The zero-order chi connectivity index (χ0) is 49.0. The van der Waals surface area contributed by atoms with E-state index in [0.29, 0.717) is 41.7 Å². The van der Waals surface area contributed by atoms with Gasteiger partial charge in [0.2, 0.25) is 23.6 Å². The van der Waals surface area contributed by atoms with Gasteiger partial charge in [0.05, 0.1) is 16.3 Å². The molecule has 0 radical (unpaired) electrons. The molecule has 10 rings (SSSR count). The summed E-state index contributed by atoms with van der Waals surface area (Å²) in [6.07, 6.45) is 2.45. The molecule has 6 aromatic rings. The number of nitrogens with zero attached hydrogens (tertiary/aromatic N) is 6. The number of imide groups is 1. The quantitative estimate of drug-likeness (QED) is 0.122. The Bertz CT molecular complexity index is 3140. The van der Waals surface area contributed by atoms with E-state index in [2.05, 4.69) is 49.0 Å². The van der Waals surface area contributed by atoms with Crippen LogP contribution < -0.4 is 30.7 Å². The number of piperidine rings is 1. The summed E-state index contributed by atoms with van der Waals surface area (Å²) >= 11 is 0. The fourth-order valence-corrected chi connectivity index (χ4v) is 10.7. The Morgan fingerprint density at radius 3 is 2.29 bits per heavy atom. The summed E-state index contributed by atoms with van der Waals surface area (Å²) in [6, 6.07) is 29.0. The minimum atomic E-state index is -0.819. The van der Waals surface area contributed by atoms with E-state index in [4.69, 9.17) is 0 Å². The predicted octanol–water partition coefficient (Wildman–Crippen LogP) is 6.58. The molecular weight excluding hydrogens is 890 g/mol. The number of aromatic nitrogens is 2. The lowest BCUT2D eigenvalue weighted by atomic mass is 9.82. The Kier molecular flexibility index (Phi) is 12.0. The van der Waals surface area contributed by atoms with Crippen LogP contribution in [0, 0.1) is 5.82 Å². The van der Waals surface area contributed by atoms with E-state index in [1.807, 2.05) is 56.3 Å². The van der Waals surface area contributed by atoms with Gasteiger partial charge in [-0.3, -0.25) is 48.6 Å². The molecule has 4 aliphatic heterocycles. The van der Waals surface area contributed by atoms with E-state index in [1.165, 1.54) is 11.7 Å². The highest BCUT2D eigenvalue weighted by atomic mass is 19.1. The van der Waals surface area contributed by atoms with Gasteiger partial charge in [-0.25, -0.2) is 4.39 Å². The number of nitrogens with one attached hydrogen (secondary N) is 3. The Balaban J connectivity index is 0.875. The van der Waals surface area contributed by atoms with Crippen molar-refractivity contribution in [2.75, 3.05) is 66.3 Å². The maximum atomic E-state index is 17.2. The molecule has 0 bridgehead atoms. The average Bonchev–Trinajstić information content (AvgIpc) is 4.01. The maximum absolute atomic E-state index is 17.2. The minimum absolute atomic E-state index is 0.0377. The summed E-state index contributed by atoms with van der Waals surface area (Å²) in [4.78, 5) is 85.8. The van der Waals surface area contributed by atoms with Crippen molar-refractivity contribution in [3.05, 3.63) is 125 Å². The first kappa shape index (κ1) is 46.0. The SMILES string of the molecule is CNC(=O)c1cccc(NC(=O)c2nn(C)c3ccc(-c4ccc(N5CCCC5=O)cc4-c4ccc(N5CCN(CCc6cccc7c6C(C)(C)C(=O)N7C6CCC(=O)NC6=O)CC5)cc4)c(F)c23)c1. The summed E-state index contributed by atoms with van der Waals surface area (Å²) in [5, 5.41) is 12.3. The van der Waals surface area contributed by atoms with E-state index in [-0.39, 0.29) is 46.7 Å². The van der Waals surface area contributed by atoms with Gasteiger partial charge in [-0.15, -0.1) is 0 Å². The van der Waals surface area contributed by atoms with Crippen LogP contribution in [0.2, 0.25) is 0 Å². The molecule has 1 atom stereocenters. The standard InChI is InChI=1S/C54H54FN9O6/c1-54(2)47-33(8-6-11-42(47)64(53(54)70)43-21-22-44(65)58-51(43)68)23-25-61-26-28-62(29-27-61)36-15-13-32(14-16-36)40-31-37(63-24-7-12-45(63)66)17-18-38(40)39-19-20-41-46(48(39)55)49(59-60(41)4)52(69)57-35-10-5-9-34(30-35)50(67)56-3/h5-6,8-11,13-20,30-31,43H,7,12,21-29H2,1-4H3,(H,56,67)(H,57,69)(H,58,65,68). The molecule has 1 unspecified atom stereocenters. The van der Waals surface area contributed by atoms with Crippen LogP contribution in [0.4, 0.5) is 27.1 Å². The van der Waals surface area contributed by atoms with Crippen molar-refractivity contribution in [3.8, 4) is 22.3 Å². The van der Waals surface area contributed by atoms with Gasteiger partial charge in [-0.05, 0) is 122 Å². The molecule has 15 nitrogen and oxygen atoms in total. The van der Waals surface area contributed by atoms with Crippen molar-refractivity contribution < 1.29 is 33.2 Å². The third kappa shape index (κ3) is 8.25. The Morgan fingerprint density at radius 1 is 0.814 bits per heavy atom. The molecule has 0 aliphatic carbocycles. The second-order valence-corrected chi connectivity index (χ2v) is 19.0. The number of fused-ring (bicyclic) bond motifs is 2. The van der Waals surface area contributed by atoms with E-state index in [0.717, 1.165) is 84.9 Å². The lowest BCUT2D eigenvalue weighted by Gasteiger charge is -2.36. The van der Waals surface area contributed by atoms with Crippen molar-refractivity contribution in [2.24, 2.45) is 7.05 Å².